The van der Waals surface area contributed by atoms with Crippen LogP contribution in [0.4, 0.5) is 10.2 Å². The largest absolute Gasteiger partial charge is 0.339 e. The molecule has 1 atom stereocenters. The average molecular weight is 572 g/mol. The van der Waals surface area contributed by atoms with Crippen LogP contribution < -0.4 is 10.6 Å². The van der Waals surface area contributed by atoms with Gasteiger partial charge >= 0.3 is 0 Å². The first kappa shape index (κ1) is 27.9. The molecule has 214 valence electrons. The van der Waals surface area contributed by atoms with E-state index in [4.69, 9.17) is 0 Å². The summed E-state index contributed by atoms with van der Waals surface area (Å²) in [6, 6.07) is 3.75. The van der Waals surface area contributed by atoms with Crippen molar-refractivity contribution in [3.8, 4) is 11.1 Å². The number of pyridine rings is 1. The average Bonchev–Trinajstić information content (AvgIpc) is 3.83. The summed E-state index contributed by atoms with van der Waals surface area (Å²) >= 11 is 0. The van der Waals surface area contributed by atoms with E-state index in [2.05, 4.69) is 30.9 Å². The zero-order valence-corrected chi connectivity index (χ0v) is 23.6. The van der Waals surface area contributed by atoms with Crippen LogP contribution >= 0.6 is 0 Å². The number of nitrogens with one attached hydrogen (secondary N) is 3. The van der Waals surface area contributed by atoms with Gasteiger partial charge in [0.1, 0.15) is 27.4 Å². The van der Waals surface area contributed by atoms with E-state index in [1.807, 2.05) is 13.8 Å². The van der Waals surface area contributed by atoms with Gasteiger partial charge in [0, 0.05) is 29.3 Å². The zero-order valence-electron chi connectivity index (χ0n) is 22.8. The summed E-state index contributed by atoms with van der Waals surface area (Å²) < 4.78 is 39.8. The van der Waals surface area contributed by atoms with Gasteiger partial charge in [-0.15, -0.1) is 0 Å². The van der Waals surface area contributed by atoms with Gasteiger partial charge in [-0.25, -0.2) is 13.4 Å². The number of anilines is 1. The predicted molar refractivity (Wildman–Crippen MR) is 147 cm³/mol. The van der Waals surface area contributed by atoms with Crippen molar-refractivity contribution in [2.75, 3.05) is 17.3 Å². The van der Waals surface area contributed by atoms with Crippen molar-refractivity contribution in [3.63, 3.8) is 0 Å². The minimum Gasteiger partial charge on any atom is -0.339 e. The molecule has 2 fully saturated rings. The lowest BCUT2D eigenvalue weighted by atomic mass is 9.88. The molecule has 0 saturated heterocycles. The van der Waals surface area contributed by atoms with Crippen LogP contribution in [0, 0.1) is 30.6 Å². The molecule has 0 unspecified atom stereocenters. The summed E-state index contributed by atoms with van der Waals surface area (Å²) in [6.07, 6.45) is 7.10. The van der Waals surface area contributed by atoms with Crippen LogP contribution in [0.3, 0.4) is 0 Å². The highest BCUT2D eigenvalue weighted by Crippen LogP contribution is 2.51. The molecular weight excluding hydrogens is 537 g/mol. The summed E-state index contributed by atoms with van der Waals surface area (Å²) in [5.41, 5.74) is 2.57. The maximum Gasteiger partial charge on any atom is 0.270 e. The number of H-pyrrole nitrogens is 1. The highest BCUT2D eigenvalue weighted by Gasteiger charge is 2.48. The predicted octanol–water partition coefficient (Wildman–Crippen LogP) is 2.90. The number of sulfone groups is 1. The van der Waals surface area contributed by atoms with Crippen molar-refractivity contribution in [3.05, 3.63) is 47.4 Å². The van der Waals surface area contributed by atoms with Crippen LogP contribution in [0.25, 0.3) is 11.1 Å². The molecule has 2 amide bonds. The summed E-state index contributed by atoms with van der Waals surface area (Å²) in [6.45, 7) is 3.76. The van der Waals surface area contributed by atoms with Gasteiger partial charge in [-0.3, -0.25) is 19.4 Å². The molecule has 3 N–H and O–H groups in total. The van der Waals surface area contributed by atoms with Crippen molar-refractivity contribution in [1.82, 2.24) is 30.3 Å². The lowest BCUT2D eigenvalue weighted by Crippen LogP contribution is -2.50. The summed E-state index contributed by atoms with van der Waals surface area (Å²) in [4.78, 5) is 31.0. The van der Waals surface area contributed by atoms with E-state index < -0.39 is 33.6 Å². The molecule has 3 heterocycles. The smallest absolute Gasteiger partial charge is 0.270 e. The number of aromatic amines is 1. The Labute approximate surface area is 232 Å². The monoisotopic (exact) mass is 571 g/mol. The highest BCUT2D eigenvalue weighted by atomic mass is 32.2. The molecule has 0 bridgehead atoms. The summed E-state index contributed by atoms with van der Waals surface area (Å²) in [7, 11) is -3.26. The number of aryl methyl sites for hydroxylation is 3. The molecule has 0 spiro atoms. The van der Waals surface area contributed by atoms with Crippen molar-refractivity contribution < 1.29 is 22.4 Å². The number of aromatic nitrogens is 5. The van der Waals surface area contributed by atoms with Gasteiger partial charge in [-0.05, 0) is 75.0 Å². The lowest BCUT2D eigenvalue weighted by Gasteiger charge is -2.27. The number of nitrogens with zero attached hydrogens (tertiary/aromatic N) is 4. The molecular formula is C27H34FN7O4S. The van der Waals surface area contributed by atoms with E-state index in [0.717, 1.165) is 43.3 Å². The topological polar surface area (TPSA) is 152 Å². The van der Waals surface area contributed by atoms with Gasteiger partial charge in [0.25, 0.3) is 5.91 Å². The van der Waals surface area contributed by atoms with Gasteiger partial charge in [0.15, 0.2) is 0 Å². The Morgan fingerprint density at radius 3 is 2.48 bits per heavy atom. The Bertz CT molecular complexity index is 1510. The van der Waals surface area contributed by atoms with Crippen LogP contribution in [0.1, 0.15) is 54.5 Å². The van der Waals surface area contributed by atoms with E-state index in [-0.39, 0.29) is 29.7 Å². The van der Waals surface area contributed by atoms with Crippen LogP contribution in [0.5, 0.6) is 0 Å². The van der Waals surface area contributed by atoms with Gasteiger partial charge in [-0.1, -0.05) is 6.92 Å². The second-order valence-electron chi connectivity index (χ2n) is 10.8. The molecule has 40 heavy (non-hydrogen) atoms. The second-order valence-corrected chi connectivity index (χ2v) is 13.1. The van der Waals surface area contributed by atoms with Gasteiger partial charge in [-0.2, -0.15) is 14.6 Å². The third-order valence-corrected chi connectivity index (χ3v) is 8.56. The molecule has 3 aromatic heterocycles. The fourth-order valence-electron chi connectivity index (χ4n) is 5.39. The molecule has 3 aromatic rings. The third-order valence-electron chi connectivity index (χ3n) is 7.64. The fraction of sp³-hybridized carbons (Fsp3) is 0.519. The van der Waals surface area contributed by atoms with E-state index in [1.54, 1.807) is 12.1 Å². The number of rotatable bonds is 12. The Kier molecular flexibility index (Phi) is 7.76. The minimum atomic E-state index is -3.26. The van der Waals surface area contributed by atoms with Crippen LogP contribution in [0.2, 0.25) is 0 Å². The Hall–Kier alpha value is -3.61. The first-order valence-electron chi connectivity index (χ1n) is 13.6. The maximum absolute atomic E-state index is 15.2. The van der Waals surface area contributed by atoms with E-state index in [9.17, 15) is 18.0 Å². The second kappa shape index (κ2) is 11.1. The molecule has 2 aliphatic rings. The van der Waals surface area contributed by atoms with Crippen molar-refractivity contribution in [1.29, 1.82) is 0 Å². The molecule has 0 aliphatic heterocycles. The number of hydrogen-bond donors (Lipinski definition) is 3. The van der Waals surface area contributed by atoms with Crippen LogP contribution in [0.15, 0.2) is 24.4 Å². The van der Waals surface area contributed by atoms with Crippen LogP contribution in [-0.2, 0) is 27.6 Å². The summed E-state index contributed by atoms with van der Waals surface area (Å²) in [5, 5.41) is 16.8. The number of carbonyl (C=O) groups is 2. The zero-order chi connectivity index (χ0) is 28.6. The number of hydrogen-bond acceptors (Lipinski definition) is 7. The van der Waals surface area contributed by atoms with Crippen molar-refractivity contribution in [2.24, 2.45) is 17.8 Å². The molecule has 11 nitrogen and oxygen atoms in total. The maximum atomic E-state index is 15.2. The van der Waals surface area contributed by atoms with E-state index >= 15 is 4.39 Å². The lowest BCUT2D eigenvalue weighted by molar-refractivity contribution is -0.119. The first-order valence-corrected chi connectivity index (χ1v) is 15.6. The normalized spacial score (nSPS) is 16.2. The summed E-state index contributed by atoms with van der Waals surface area (Å²) in [5.74, 6) is -1.24. The molecule has 2 saturated carbocycles. The molecule has 2 aliphatic carbocycles. The van der Waals surface area contributed by atoms with E-state index in [1.165, 1.54) is 16.9 Å². The number of amides is 2. The van der Waals surface area contributed by atoms with E-state index in [0.29, 0.717) is 29.4 Å². The fourth-order valence-corrected chi connectivity index (χ4v) is 5.89. The molecule has 0 aromatic carbocycles. The first-order chi connectivity index (χ1) is 19.1. The highest BCUT2D eigenvalue weighted by molar-refractivity contribution is 7.90. The molecule has 5 rings (SSSR count). The van der Waals surface area contributed by atoms with Gasteiger partial charge < -0.3 is 10.6 Å². The molecule has 13 heteroatoms. The molecule has 0 radical (unpaired) electrons. The standard InChI is InChI=1S/C27H34FN7O4S/c1-4-19-22(15(2)33-34-19)18-9-10-21(30-25(18)28)31-27(37)24(23(16-5-6-16)17-7-8-17)32-26(36)20-11-12-29-35(20)13-14-40(3,38)39/h9-12,16-17,23-24H,4-8,13-14H2,1-3H3,(H,32,36)(H,33,34)(H,30,31,37)/t24-/m0/s1. The van der Waals surface area contributed by atoms with Gasteiger partial charge in [0.05, 0.1) is 18.0 Å². The Morgan fingerprint density at radius 2 is 1.88 bits per heavy atom. The SMILES string of the molecule is CCc1n[nH]c(C)c1-c1ccc(NC(=O)[C@@H](NC(=O)c2ccnn2CCS(C)(=O)=O)C(C2CC2)C2CC2)nc1F. The minimum absolute atomic E-state index is 0.0194. The Balaban J connectivity index is 1.37. The third kappa shape index (κ3) is 6.24. The van der Waals surface area contributed by atoms with Gasteiger partial charge in [0.2, 0.25) is 11.9 Å². The van der Waals surface area contributed by atoms with Crippen LogP contribution in [-0.4, -0.2) is 63.2 Å². The quantitative estimate of drug-likeness (QED) is 0.283. The Morgan fingerprint density at radius 1 is 1.18 bits per heavy atom. The van der Waals surface area contributed by atoms with Crippen molar-refractivity contribution in [2.45, 2.75) is 58.5 Å². The number of carbonyl (C=O) groups excluding carboxylic acids is 2. The number of halogens is 1. The van der Waals surface area contributed by atoms with Crippen molar-refractivity contribution >= 4 is 27.5 Å².